The number of carbonyl (C=O) groups is 1. The molecule has 1 N–H and O–H groups in total. The topological polar surface area (TPSA) is 55.1 Å². The van der Waals surface area contributed by atoms with Gasteiger partial charge in [-0.1, -0.05) is 23.7 Å². The second-order valence-electron chi connectivity index (χ2n) is 2.91. The van der Waals surface area contributed by atoms with Crippen molar-refractivity contribution in [3.05, 3.63) is 28.9 Å². The Morgan fingerprint density at radius 2 is 2.29 bits per heavy atom. The van der Waals surface area contributed by atoms with Gasteiger partial charge in [0.1, 0.15) is 5.52 Å². The van der Waals surface area contributed by atoms with Gasteiger partial charge in [-0.15, -0.1) is 0 Å². The predicted octanol–water partition coefficient (Wildman–Crippen LogP) is 1.92. The first kappa shape index (κ1) is 9.02. The van der Waals surface area contributed by atoms with Crippen LogP contribution in [0.15, 0.2) is 18.2 Å². The Hall–Kier alpha value is -1.55. The van der Waals surface area contributed by atoms with Crippen LogP contribution in [0.4, 0.5) is 0 Å². The van der Waals surface area contributed by atoms with E-state index in [1.165, 1.54) is 4.68 Å². The van der Waals surface area contributed by atoms with Crippen molar-refractivity contribution in [3.63, 3.8) is 0 Å². The summed E-state index contributed by atoms with van der Waals surface area (Å²) in [5.41, 5.74) is 0.677. The summed E-state index contributed by atoms with van der Waals surface area (Å²) in [5, 5.41) is 14.0. The average Bonchev–Trinajstić information content (AvgIpc) is 2.42. The maximum Gasteiger partial charge on any atom is 0.354 e. The molecule has 4 nitrogen and oxygen atoms in total. The molecule has 0 aliphatic carbocycles. The average molecular weight is 211 g/mol. The number of hydrogen-bond donors (Lipinski definition) is 1. The summed E-state index contributed by atoms with van der Waals surface area (Å²) in [4.78, 5) is 10.9. The van der Waals surface area contributed by atoms with Crippen molar-refractivity contribution < 1.29 is 9.90 Å². The summed E-state index contributed by atoms with van der Waals surface area (Å²) in [5.74, 6) is -1.00. The molecule has 2 rings (SSSR count). The van der Waals surface area contributed by atoms with Crippen LogP contribution in [0.5, 0.6) is 0 Å². The number of aromatic carboxylic acids is 1. The number of aryl methyl sites for hydroxylation is 1. The lowest BCUT2D eigenvalue weighted by Gasteiger charge is -1.93. The van der Waals surface area contributed by atoms with Crippen molar-refractivity contribution in [2.75, 3.05) is 0 Å². The summed E-state index contributed by atoms with van der Waals surface area (Å²) < 4.78 is 1.32. The molecule has 0 fully saturated rings. The molecule has 14 heavy (non-hydrogen) atoms. The lowest BCUT2D eigenvalue weighted by Crippen LogP contribution is -2.05. The number of carboxylic acid groups (broad SMARTS) is 1. The highest BCUT2D eigenvalue weighted by atomic mass is 35.5. The van der Waals surface area contributed by atoms with Crippen molar-refractivity contribution in [2.24, 2.45) is 7.05 Å². The largest absolute Gasteiger partial charge is 0.477 e. The highest BCUT2D eigenvalue weighted by Crippen LogP contribution is 2.24. The van der Waals surface area contributed by atoms with Crippen molar-refractivity contribution in [1.82, 2.24) is 9.78 Å². The van der Waals surface area contributed by atoms with Crippen molar-refractivity contribution in [3.8, 4) is 0 Å². The summed E-state index contributed by atoms with van der Waals surface area (Å²) in [6, 6.07) is 5.08. The van der Waals surface area contributed by atoms with E-state index in [0.29, 0.717) is 15.9 Å². The molecule has 0 saturated carbocycles. The maximum atomic E-state index is 10.9. The van der Waals surface area contributed by atoms with E-state index >= 15 is 0 Å². The number of hydrogen-bond acceptors (Lipinski definition) is 2. The number of fused-ring (bicyclic) bond motifs is 1. The van der Waals surface area contributed by atoms with Crippen LogP contribution in [-0.2, 0) is 7.05 Å². The van der Waals surface area contributed by atoms with Crippen LogP contribution in [0.1, 0.15) is 10.5 Å². The Labute approximate surface area is 84.7 Å². The Kier molecular flexibility index (Phi) is 1.93. The molecule has 0 bridgehead atoms. The van der Waals surface area contributed by atoms with E-state index in [-0.39, 0.29) is 5.69 Å². The van der Waals surface area contributed by atoms with Gasteiger partial charge >= 0.3 is 5.97 Å². The van der Waals surface area contributed by atoms with Gasteiger partial charge in [0.25, 0.3) is 0 Å². The second-order valence-corrected chi connectivity index (χ2v) is 3.32. The first-order chi connectivity index (χ1) is 6.61. The van der Waals surface area contributed by atoms with Crippen LogP contribution < -0.4 is 0 Å². The molecule has 72 valence electrons. The third kappa shape index (κ3) is 1.15. The number of nitrogens with zero attached hydrogens (tertiary/aromatic N) is 2. The summed E-state index contributed by atoms with van der Waals surface area (Å²) in [6.07, 6.45) is 0. The highest BCUT2D eigenvalue weighted by molar-refractivity contribution is 6.35. The number of halogens is 1. The van der Waals surface area contributed by atoms with E-state index in [1.54, 1.807) is 25.2 Å². The van der Waals surface area contributed by atoms with Crippen LogP contribution in [0.3, 0.4) is 0 Å². The number of rotatable bonds is 1. The van der Waals surface area contributed by atoms with Crippen molar-refractivity contribution in [1.29, 1.82) is 0 Å². The van der Waals surface area contributed by atoms with Crippen LogP contribution in [0.2, 0.25) is 5.02 Å². The van der Waals surface area contributed by atoms with E-state index < -0.39 is 5.97 Å². The lowest BCUT2D eigenvalue weighted by molar-refractivity contribution is 0.0687. The molecule has 1 heterocycles. The van der Waals surface area contributed by atoms with Gasteiger partial charge in [-0.3, -0.25) is 4.68 Å². The normalized spacial score (nSPS) is 10.7. The fraction of sp³-hybridized carbons (Fsp3) is 0.111. The Bertz CT molecular complexity index is 519. The van der Waals surface area contributed by atoms with Gasteiger partial charge in [0.2, 0.25) is 0 Å². The maximum absolute atomic E-state index is 10.9. The van der Waals surface area contributed by atoms with E-state index in [1.807, 2.05) is 0 Å². The smallest absolute Gasteiger partial charge is 0.354 e. The standard InChI is InChI=1S/C9H7ClN2O2/c1-12-8(9(13)14)5-3-2-4-6(10)7(5)11-12/h2-4H,1H3,(H,13,14). The third-order valence-corrected chi connectivity index (χ3v) is 2.32. The zero-order chi connectivity index (χ0) is 10.3. The quantitative estimate of drug-likeness (QED) is 0.783. The molecule has 0 amide bonds. The molecule has 0 aliphatic heterocycles. The molecule has 2 aromatic rings. The molecule has 0 spiro atoms. The van der Waals surface area contributed by atoms with Crippen LogP contribution in [0.25, 0.3) is 10.9 Å². The minimum absolute atomic E-state index is 0.155. The summed E-state index contributed by atoms with van der Waals surface area (Å²) in [6.45, 7) is 0. The molecule has 0 unspecified atom stereocenters. The summed E-state index contributed by atoms with van der Waals surface area (Å²) >= 11 is 5.88. The van der Waals surface area contributed by atoms with Gasteiger partial charge in [0.05, 0.1) is 5.02 Å². The fourth-order valence-electron chi connectivity index (χ4n) is 1.44. The lowest BCUT2D eigenvalue weighted by atomic mass is 10.2. The number of carboxylic acids is 1. The monoisotopic (exact) mass is 210 g/mol. The Balaban J connectivity index is 2.90. The second kappa shape index (κ2) is 2.99. The van der Waals surface area contributed by atoms with E-state index in [4.69, 9.17) is 16.7 Å². The molecule has 1 aromatic heterocycles. The van der Waals surface area contributed by atoms with Gasteiger partial charge in [0, 0.05) is 12.4 Å². The molecule has 0 atom stereocenters. The first-order valence-corrected chi connectivity index (χ1v) is 4.33. The van der Waals surface area contributed by atoms with Crippen molar-refractivity contribution >= 4 is 28.5 Å². The molecule has 5 heteroatoms. The Morgan fingerprint density at radius 1 is 1.57 bits per heavy atom. The van der Waals surface area contributed by atoms with Crippen LogP contribution >= 0.6 is 11.6 Å². The van der Waals surface area contributed by atoms with Gasteiger partial charge < -0.3 is 5.11 Å². The SMILES string of the molecule is Cn1nc2c(Cl)cccc2c1C(=O)O. The van der Waals surface area contributed by atoms with Gasteiger partial charge in [-0.2, -0.15) is 5.10 Å². The first-order valence-electron chi connectivity index (χ1n) is 3.96. The number of benzene rings is 1. The molecule has 1 aromatic carbocycles. The molecular formula is C9H7ClN2O2. The van der Waals surface area contributed by atoms with E-state index in [2.05, 4.69) is 5.10 Å². The van der Waals surface area contributed by atoms with Crippen LogP contribution in [0, 0.1) is 0 Å². The fourth-order valence-corrected chi connectivity index (χ4v) is 1.65. The van der Waals surface area contributed by atoms with Crippen molar-refractivity contribution in [2.45, 2.75) is 0 Å². The predicted molar refractivity (Wildman–Crippen MR) is 52.7 cm³/mol. The molecule has 0 aliphatic rings. The minimum atomic E-state index is -1.00. The molecule has 0 saturated heterocycles. The third-order valence-electron chi connectivity index (χ3n) is 2.02. The molecular weight excluding hydrogens is 204 g/mol. The number of aromatic nitrogens is 2. The summed E-state index contributed by atoms with van der Waals surface area (Å²) in [7, 11) is 1.58. The van der Waals surface area contributed by atoms with Gasteiger partial charge in [0.15, 0.2) is 5.69 Å². The van der Waals surface area contributed by atoms with Crippen LogP contribution in [-0.4, -0.2) is 20.9 Å². The zero-order valence-corrected chi connectivity index (χ0v) is 8.12. The van der Waals surface area contributed by atoms with Gasteiger partial charge in [-0.05, 0) is 6.07 Å². The van der Waals surface area contributed by atoms with E-state index in [9.17, 15) is 4.79 Å². The zero-order valence-electron chi connectivity index (χ0n) is 7.36. The minimum Gasteiger partial charge on any atom is -0.477 e. The van der Waals surface area contributed by atoms with Gasteiger partial charge in [-0.25, -0.2) is 4.79 Å². The Morgan fingerprint density at radius 3 is 2.93 bits per heavy atom. The highest BCUT2D eigenvalue weighted by Gasteiger charge is 2.16. The van der Waals surface area contributed by atoms with E-state index in [0.717, 1.165) is 0 Å². The molecule has 0 radical (unpaired) electrons.